The van der Waals surface area contributed by atoms with Crippen LogP contribution in [0.2, 0.25) is 0 Å². The predicted octanol–water partition coefficient (Wildman–Crippen LogP) is 4.23. The van der Waals surface area contributed by atoms with Gasteiger partial charge in [-0.05, 0) is 22.9 Å². The smallest absolute Gasteiger partial charge is 0.162 e. The highest BCUT2D eigenvalue weighted by Crippen LogP contribution is 2.30. The van der Waals surface area contributed by atoms with E-state index in [1.807, 2.05) is 18.2 Å². The Hall–Kier alpha value is -2.74. The molecular formula is C18H13NO. The fourth-order valence-electron chi connectivity index (χ4n) is 2.58. The third kappa shape index (κ3) is 1.74. The van der Waals surface area contributed by atoms with Crippen LogP contribution in [0.25, 0.3) is 22.5 Å². The van der Waals surface area contributed by atoms with Gasteiger partial charge >= 0.3 is 0 Å². The minimum atomic E-state index is 0.858. The molecule has 3 aromatic carbocycles. The average molecular weight is 259 g/mol. The zero-order valence-corrected chi connectivity index (χ0v) is 10.8. The number of hydroxylamine groups is 1. The molecule has 1 heterocycles. The van der Waals surface area contributed by atoms with E-state index in [4.69, 9.17) is 4.84 Å². The van der Waals surface area contributed by atoms with Crippen LogP contribution in [-0.4, -0.2) is 0 Å². The van der Waals surface area contributed by atoms with E-state index in [1.54, 1.807) is 0 Å². The molecule has 0 aromatic heterocycles. The van der Waals surface area contributed by atoms with E-state index in [-0.39, 0.29) is 0 Å². The van der Waals surface area contributed by atoms with Crippen LogP contribution >= 0.6 is 0 Å². The highest BCUT2D eigenvalue weighted by molar-refractivity contribution is 5.97. The zero-order chi connectivity index (χ0) is 13.4. The third-order valence-electron chi connectivity index (χ3n) is 3.57. The van der Waals surface area contributed by atoms with E-state index in [0.29, 0.717) is 0 Å². The van der Waals surface area contributed by atoms with E-state index in [0.717, 1.165) is 22.6 Å². The van der Waals surface area contributed by atoms with E-state index in [1.165, 1.54) is 10.8 Å². The van der Waals surface area contributed by atoms with Crippen molar-refractivity contribution in [3.8, 4) is 5.75 Å². The largest absolute Gasteiger partial charge is 0.382 e. The fraction of sp³-hybridized carbons (Fsp3) is 0. The molecule has 0 saturated carbocycles. The zero-order valence-electron chi connectivity index (χ0n) is 10.8. The molecule has 0 bridgehead atoms. The van der Waals surface area contributed by atoms with Crippen LogP contribution in [0, 0.1) is 0 Å². The third-order valence-corrected chi connectivity index (χ3v) is 3.57. The molecule has 1 N–H and O–H groups in total. The second kappa shape index (κ2) is 4.42. The molecule has 0 unspecified atom stereocenters. The van der Waals surface area contributed by atoms with E-state index < -0.39 is 0 Å². The van der Waals surface area contributed by atoms with Crippen LogP contribution in [-0.2, 0) is 0 Å². The summed E-state index contributed by atoms with van der Waals surface area (Å²) < 4.78 is 0. The van der Waals surface area contributed by atoms with Crippen molar-refractivity contribution in [3.05, 3.63) is 77.9 Å². The molecule has 1 aliphatic heterocycles. The lowest BCUT2D eigenvalue weighted by molar-refractivity contribution is 0.249. The monoisotopic (exact) mass is 259 g/mol. The lowest BCUT2D eigenvalue weighted by Crippen LogP contribution is -2.20. The summed E-state index contributed by atoms with van der Waals surface area (Å²) >= 11 is 0. The Labute approximate surface area is 117 Å². The number of fused-ring (bicyclic) bond motifs is 2. The van der Waals surface area contributed by atoms with Gasteiger partial charge < -0.3 is 4.84 Å². The molecule has 0 radical (unpaired) electrons. The number of nitrogens with one attached hydrogen (secondary N) is 1. The molecule has 4 rings (SSSR count). The normalized spacial score (nSPS) is 13.1. The fourth-order valence-corrected chi connectivity index (χ4v) is 2.58. The van der Waals surface area contributed by atoms with Crippen molar-refractivity contribution in [2.24, 2.45) is 0 Å². The van der Waals surface area contributed by atoms with Crippen molar-refractivity contribution in [1.82, 2.24) is 5.48 Å². The predicted molar refractivity (Wildman–Crippen MR) is 82.0 cm³/mol. The van der Waals surface area contributed by atoms with Gasteiger partial charge in [0.15, 0.2) is 5.75 Å². The lowest BCUT2D eigenvalue weighted by atomic mass is 10.0. The standard InChI is InChI=1S/C18H13NO/c1-3-9-15-13(6-1)8-5-10-16(15)17-12-14-7-2-4-11-18(14)20-19-17/h1-12,19H. The number of benzene rings is 3. The maximum atomic E-state index is 5.62. The van der Waals surface area contributed by atoms with Crippen molar-refractivity contribution in [2.45, 2.75) is 0 Å². The molecule has 0 spiro atoms. The second-order valence-electron chi connectivity index (χ2n) is 4.83. The SMILES string of the molecule is C1=C(c2cccc3ccccc23)NOc2ccccc21. The van der Waals surface area contributed by atoms with Crippen LogP contribution in [0.15, 0.2) is 66.7 Å². The summed E-state index contributed by atoms with van der Waals surface area (Å²) in [5.74, 6) is 0.858. The summed E-state index contributed by atoms with van der Waals surface area (Å²) in [6.07, 6.45) is 2.13. The number of para-hydroxylation sites is 1. The number of hydrogen-bond acceptors (Lipinski definition) is 2. The van der Waals surface area contributed by atoms with Gasteiger partial charge in [0, 0.05) is 11.1 Å². The van der Waals surface area contributed by atoms with E-state index in [9.17, 15) is 0 Å². The Kier molecular flexibility index (Phi) is 2.46. The van der Waals surface area contributed by atoms with Gasteiger partial charge in [-0.25, -0.2) is 5.48 Å². The van der Waals surface area contributed by atoms with E-state index >= 15 is 0 Å². The Bertz CT molecular complexity index is 815. The van der Waals surface area contributed by atoms with Gasteiger partial charge in [0.05, 0.1) is 5.70 Å². The Balaban J connectivity index is 1.91. The van der Waals surface area contributed by atoms with Gasteiger partial charge in [-0.3, -0.25) is 0 Å². The Morgan fingerprint density at radius 2 is 1.55 bits per heavy atom. The Morgan fingerprint density at radius 1 is 0.750 bits per heavy atom. The average Bonchev–Trinajstić information content (AvgIpc) is 2.54. The molecule has 20 heavy (non-hydrogen) atoms. The molecule has 2 heteroatoms. The minimum absolute atomic E-state index is 0.858. The second-order valence-corrected chi connectivity index (χ2v) is 4.83. The van der Waals surface area contributed by atoms with Gasteiger partial charge in [0.2, 0.25) is 0 Å². The first kappa shape index (κ1) is 11.1. The quantitative estimate of drug-likeness (QED) is 0.706. The molecule has 2 nitrogen and oxygen atoms in total. The maximum absolute atomic E-state index is 5.62. The molecule has 0 fully saturated rings. The number of rotatable bonds is 1. The molecule has 0 saturated heterocycles. The summed E-state index contributed by atoms with van der Waals surface area (Å²) in [6.45, 7) is 0. The summed E-state index contributed by atoms with van der Waals surface area (Å²) in [5.41, 5.74) is 6.27. The van der Waals surface area contributed by atoms with Crippen molar-refractivity contribution >= 4 is 22.5 Å². The topological polar surface area (TPSA) is 21.3 Å². The van der Waals surface area contributed by atoms with Gasteiger partial charge in [-0.2, -0.15) is 0 Å². The van der Waals surface area contributed by atoms with Crippen molar-refractivity contribution in [1.29, 1.82) is 0 Å². The van der Waals surface area contributed by atoms with Gasteiger partial charge in [0.25, 0.3) is 0 Å². The van der Waals surface area contributed by atoms with Gasteiger partial charge in [-0.15, -0.1) is 0 Å². The molecule has 3 aromatic rings. The van der Waals surface area contributed by atoms with Gasteiger partial charge in [-0.1, -0.05) is 60.7 Å². The number of hydrogen-bond donors (Lipinski definition) is 1. The van der Waals surface area contributed by atoms with Crippen molar-refractivity contribution in [2.75, 3.05) is 0 Å². The lowest BCUT2D eigenvalue weighted by Gasteiger charge is -2.20. The van der Waals surface area contributed by atoms with Crippen LogP contribution in [0.5, 0.6) is 5.75 Å². The summed E-state index contributed by atoms with van der Waals surface area (Å²) in [5, 5.41) is 2.45. The molecule has 0 atom stereocenters. The summed E-state index contributed by atoms with van der Waals surface area (Å²) in [7, 11) is 0. The molecular weight excluding hydrogens is 246 g/mol. The molecule has 96 valence electrons. The summed E-state index contributed by atoms with van der Waals surface area (Å²) in [4.78, 5) is 5.62. The molecule has 0 aliphatic carbocycles. The Morgan fingerprint density at radius 3 is 2.55 bits per heavy atom. The first-order valence-corrected chi connectivity index (χ1v) is 6.63. The minimum Gasteiger partial charge on any atom is -0.382 e. The van der Waals surface area contributed by atoms with E-state index in [2.05, 4.69) is 60.1 Å². The van der Waals surface area contributed by atoms with Gasteiger partial charge in [0.1, 0.15) is 0 Å². The highest BCUT2D eigenvalue weighted by Gasteiger charge is 2.13. The highest BCUT2D eigenvalue weighted by atomic mass is 16.6. The van der Waals surface area contributed by atoms with Crippen LogP contribution < -0.4 is 10.3 Å². The first-order chi connectivity index (χ1) is 9.92. The van der Waals surface area contributed by atoms with Crippen LogP contribution in [0.1, 0.15) is 11.1 Å². The summed E-state index contributed by atoms with van der Waals surface area (Å²) in [6, 6.07) is 22.7. The molecule has 1 aliphatic rings. The first-order valence-electron chi connectivity index (χ1n) is 6.63. The van der Waals surface area contributed by atoms with Crippen LogP contribution in [0.3, 0.4) is 0 Å². The van der Waals surface area contributed by atoms with Crippen molar-refractivity contribution in [3.63, 3.8) is 0 Å². The molecule has 0 amide bonds. The van der Waals surface area contributed by atoms with Crippen molar-refractivity contribution < 1.29 is 4.84 Å². The van der Waals surface area contributed by atoms with Crippen LogP contribution in [0.4, 0.5) is 0 Å². The maximum Gasteiger partial charge on any atom is 0.162 e.